The minimum atomic E-state index is -4.55. The zero-order chi connectivity index (χ0) is 21.4. The number of aromatic nitrogens is 2. The number of carboxylic acid groups (broad SMARTS) is 1. The third kappa shape index (κ3) is 3.91. The van der Waals surface area contributed by atoms with E-state index in [1.54, 1.807) is 19.3 Å². The number of anilines is 1. The highest BCUT2D eigenvalue weighted by atomic mass is 19.4. The number of alkyl halides is 3. The van der Waals surface area contributed by atoms with Gasteiger partial charge in [0.2, 0.25) is 0 Å². The summed E-state index contributed by atoms with van der Waals surface area (Å²) in [6.07, 6.45) is -0.475. The van der Waals surface area contributed by atoms with Crippen molar-refractivity contribution in [3.05, 3.63) is 53.1 Å². The fourth-order valence-electron chi connectivity index (χ4n) is 3.80. The normalized spacial score (nSPS) is 21.7. The molecule has 1 aliphatic heterocycles. The van der Waals surface area contributed by atoms with Crippen molar-refractivity contribution in [2.75, 3.05) is 4.90 Å². The number of aryl methyl sites for hydroxylation is 1. The van der Waals surface area contributed by atoms with Gasteiger partial charge in [0.1, 0.15) is 11.5 Å². The molecule has 0 radical (unpaired) electrons. The molecule has 3 N–H and O–H groups in total. The average molecular weight is 408 g/mol. The molecule has 9 heteroatoms. The SMILES string of the molecule is CCCc1cnc([C@H]2C[C@@](N)(CC)N(C(=O)O)c3ccc(C(F)(F)F)cc32)nc1. The van der Waals surface area contributed by atoms with Gasteiger partial charge in [0.25, 0.3) is 0 Å². The van der Waals surface area contributed by atoms with Crippen molar-refractivity contribution in [1.29, 1.82) is 0 Å². The monoisotopic (exact) mass is 408 g/mol. The number of amides is 1. The molecular formula is C20H23F3N4O2. The van der Waals surface area contributed by atoms with E-state index in [1.165, 1.54) is 6.07 Å². The number of benzene rings is 1. The lowest BCUT2D eigenvalue weighted by Gasteiger charge is -2.46. The molecule has 3 rings (SSSR count). The Balaban J connectivity index is 2.18. The summed E-state index contributed by atoms with van der Waals surface area (Å²) in [5, 5.41) is 9.73. The fraction of sp³-hybridized carbons (Fsp3) is 0.450. The zero-order valence-corrected chi connectivity index (χ0v) is 16.2. The van der Waals surface area contributed by atoms with Gasteiger partial charge in [0.15, 0.2) is 0 Å². The number of hydrogen-bond donors (Lipinski definition) is 2. The minimum absolute atomic E-state index is 0.0806. The summed E-state index contributed by atoms with van der Waals surface area (Å²) in [6.45, 7) is 3.77. The lowest BCUT2D eigenvalue weighted by Crippen LogP contribution is -2.61. The van der Waals surface area contributed by atoms with Crippen molar-refractivity contribution in [2.45, 2.75) is 57.3 Å². The largest absolute Gasteiger partial charge is 0.465 e. The Labute approximate surface area is 166 Å². The maximum atomic E-state index is 13.3. The molecule has 1 aromatic heterocycles. The van der Waals surface area contributed by atoms with Gasteiger partial charge in [-0.3, -0.25) is 4.90 Å². The zero-order valence-electron chi connectivity index (χ0n) is 16.2. The Morgan fingerprint density at radius 1 is 1.31 bits per heavy atom. The lowest BCUT2D eigenvalue weighted by molar-refractivity contribution is -0.137. The number of halogens is 3. The molecule has 0 spiro atoms. The highest BCUT2D eigenvalue weighted by Gasteiger charge is 2.46. The van der Waals surface area contributed by atoms with Crippen LogP contribution in [-0.2, 0) is 12.6 Å². The van der Waals surface area contributed by atoms with Crippen LogP contribution in [0.3, 0.4) is 0 Å². The molecular weight excluding hydrogens is 385 g/mol. The summed E-state index contributed by atoms with van der Waals surface area (Å²) in [5.74, 6) is -0.317. The van der Waals surface area contributed by atoms with E-state index in [1.807, 2.05) is 6.92 Å². The smallest absolute Gasteiger partial charge is 0.416 e. The predicted molar refractivity (Wildman–Crippen MR) is 102 cm³/mol. The molecule has 0 saturated heterocycles. The van der Waals surface area contributed by atoms with E-state index in [0.717, 1.165) is 35.4 Å². The first-order valence-corrected chi connectivity index (χ1v) is 9.44. The Morgan fingerprint density at radius 2 is 1.97 bits per heavy atom. The van der Waals surface area contributed by atoms with Crippen molar-refractivity contribution in [2.24, 2.45) is 5.73 Å². The Kier molecular flexibility index (Phi) is 5.53. The van der Waals surface area contributed by atoms with Crippen molar-refractivity contribution in [3.8, 4) is 0 Å². The van der Waals surface area contributed by atoms with Crippen LogP contribution in [0.2, 0.25) is 0 Å². The Bertz CT molecular complexity index is 902. The molecule has 2 atom stereocenters. The fourth-order valence-corrected chi connectivity index (χ4v) is 3.80. The number of hydrogen-bond acceptors (Lipinski definition) is 4. The van der Waals surface area contributed by atoms with Gasteiger partial charge in [-0.05, 0) is 48.6 Å². The van der Waals surface area contributed by atoms with Crippen molar-refractivity contribution in [1.82, 2.24) is 9.97 Å². The van der Waals surface area contributed by atoms with E-state index >= 15 is 0 Å². The van der Waals surface area contributed by atoms with E-state index in [2.05, 4.69) is 9.97 Å². The van der Waals surface area contributed by atoms with Crippen LogP contribution >= 0.6 is 0 Å². The summed E-state index contributed by atoms with van der Waals surface area (Å²) in [7, 11) is 0. The van der Waals surface area contributed by atoms with Crippen LogP contribution in [0.1, 0.15) is 61.5 Å². The molecule has 0 fully saturated rings. The molecule has 156 valence electrons. The van der Waals surface area contributed by atoms with E-state index in [9.17, 15) is 23.1 Å². The molecule has 2 heterocycles. The second kappa shape index (κ2) is 7.62. The summed E-state index contributed by atoms with van der Waals surface area (Å²) >= 11 is 0. The van der Waals surface area contributed by atoms with Crippen LogP contribution in [0.5, 0.6) is 0 Å². The van der Waals surface area contributed by atoms with E-state index < -0.39 is 29.4 Å². The minimum Gasteiger partial charge on any atom is -0.465 e. The first kappa shape index (κ1) is 21.0. The van der Waals surface area contributed by atoms with Crippen molar-refractivity contribution >= 4 is 11.8 Å². The molecule has 2 aromatic rings. The number of carbonyl (C=O) groups is 1. The predicted octanol–water partition coefficient (Wildman–Crippen LogP) is 4.53. The second-order valence-electron chi connectivity index (χ2n) is 7.30. The maximum Gasteiger partial charge on any atom is 0.416 e. The van der Waals surface area contributed by atoms with Crippen LogP contribution in [-0.4, -0.2) is 26.8 Å². The topological polar surface area (TPSA) is 92.3 Å². The summed E-state index contributed by atoms with van der Waals surface area (Å²) in [5.41, 5.74) is 5.55. The standard InChI is InChI=1S/C20H23F3N4O2/c1-3-5-12-10-25-17(26-11-12)15-9-19(24,4-2)27(18(28)29)16-7-6-13(8-14(15)16)20(21,22)23/h6-8,10-11,15H,3-5,9,24H2,1-2H3,(H,28,29)/t15-,19+/m0/s1. The lowest BCUT2D eigenvalue weighted by atomic mass is 9.80. The Hall–Kier alpha value is -2.68. The van der Waals surface area contributed by atoms with Crippen LogP contribution < -0.4 is 10.6 Å². The van der Waals surface area contributed by atoms with Gasteiger partial charge >= 0.3 is 12.3 Å². The van der Waals surface area contributed by atoms with Crippen LogP contribution in [0.15, 0.2) is 30.6 Å². The maximum absolute atomic E-state index is 13.3. The van der Waals surface area contributed by atoms with E-state index in [0.29, 0.717) is 5.82 Å². The average Bonchev–Trinajstić information content (AvgIpc) is 2.67. The number of rotatable bonds is 4. The molecule has 1 amide bonds. The van der Waals surface area contributed by atoms with E-state index in [4.69, 9.17) is 5.73 Å². The number of fused-ring (bicyclic) bond motifs is 1. The van der Waals surface area contributed by atoms with Gasteiger partial charge in [0.05, 0.1) is 11.3 Å². The quantitative estimate of drug-likeness (QED) is 0.775. The summed E-state index contributed by atoms with van der Waals surface area (Å²) < 4.78 is 39.9. The number of nitrogens with zero attached hydrogens (tertiary/aromatic N) is 3. The molecule has 0 bridgehead atoms. The van der Waals surface area contributed by atoms with Crippen molar-refractivity contribution < 1.29 is 23.1 Å². The highest BCUT2D eigenvalue weighted by molar-refractivity contribution is 5.90. The van der Waals surface area contributed by atoms with Gasteiger partial charge < -0.3 is 10.8 Å². The van der Waals surface area contributed by atoms with Gasteiger partial charge in [-0.15, -0.1) is 0 Å². The molecule has 29 heavy (non-hydrogen) atoms. The first-order chi connectivity index (χ1) is 13.6. The second-order valence-corrected chi connectivity index (χ2v) is 7.30. The first-order valence-electron chi connectivity index (χ1n) is 9.44. The molecule has 0 unspecified atom stereocenters. The van der Waals surface area contributed by atoms with Crippen LogP contribution in [0.4, 0.5) is 23.7 Å². The van der Waals surface area contributed by atoms with Crippen molar-refractivity contribution in [3.63, 3.8) is 0 Å². The summed E-state index contributed by atoms with van der Waals surface area (Å²) in [6, 6.07) is 3.02. The highest BCUT2D eigenvalue weighted by Crippen LogP contribution is 2.46. The van der Waals surface area contributed by atoms with Gasteiger partial charge in [0, 0.05) is 18.3 Å². The molecule has 0 aliphatic carbocycles. The molecule has 1 aliphatic rings. The third-order valence-electron chi connectivity index (χ3n) is 5.35. The molecule has 6 nitrogen and oxygen atoms in total. The van der Waals surface area contributed by atoms with E-state index in [-0.39, 0.29) is 24.1 Å². The van der Waals surface area contributed by atoms with Gasteiger partial charge in [-0.25, -0.2) is 14.8 Å². The van der Waals surface area contributed by atoms with Gasteiger partial charge in [-0.1, -0.05) is 20.3 Å². The number of nitrogens with two attached hydrogens (primary N) is 1. The van der Waals surface area contributed by atoms with Gasteiger partial charge in [-0.2, -0.15) is 13.2 Å². The van der Waals surface area contributed by atoms with Crippen LogP contribution in [0.25, 0.3) is 0 Å². The molecule has 0 saturated carbocycles. The van der Waals surface area contributed by atoms with Crippen LogP contribution in [0, 0.1) is 0 Å². The summed E-state index contributed by atoms with van der Waals surface area (Å²) in [4.78, 5) is 21.6. The third-order valence-corrected chi connectivity index (χ3v) is 5.35. The Morgan fingerprint density at radius 3 is 2.48 bits per heavy atom. The molecule has 1 aromatic carbocycles.